The molecule has 0 heterocycles. The third kappa shape index (κ3) is 7.21. The van der Waals surface area contributed by atoms with Crippen molar-refractivity contribution in [1.82, 2.24) is 0 Å². The van der Waals surface area contributed by atoms with Gasteiger partial charge in [0.25, 0.3) is 0 Å². The van der Waals surface area contributed by atoms with Gasteiger partial charge in [-0.05, 0) is 197 Å². The SMILES string of the molecule is C=C(C)[C@@H]1CC[C@]2(C(=O)O)CC[C@]3(C)[C@H](CC[C@@H]4[C@@]5(C)CC[C@H](O)C(C)(C)[C@@H]5CC[C@]43C)[C@@H]12.CCOc1ccc(NC(=S)Nc2ccc(OCC)cc2)cc1. The van der Waals surface area contributed by atoms with Gasteiger partial charge < -0.3 is 30.3 Å². The summed E-state index contributed by atoms with van der Waals surface area (Å²) in [6.45, 7) is 24.1. The quantitative estimate of drug-likeness (QED) is 0.155. The molecule has 4 N–H and O–H groups in total. The maximum atomic E-state index is 12.8. The van der Waals surface area contributed by atoms with E-state index in [2.05, 4.69) is 58.8 Å². The van der Waals surface area contributed by atoms with Crippen LogP contribution >= 0.6 is 12.2 Å². The average molecular weight is 773 g/mol. The molecule has 0 aromatic heterocycles. The van der Waals surface area contributed by atoms with Gasteiger partial charge in [0.05, 0.1) is 24.7 Å². The van der Waals surface area contributed by atoms with Crippen molar-refractivity contribution >= 4 is 34.7 Å². The van der Waals surface area contributed by atoms with E-state index in [4.69, 9.17) is 21.7 Å². The van der Waals surface area contributed by atoms with Crippen molar-refractivity contribution in [3.63, 3.8) is 0 Å². The fourth-order valence-electron chi connectivity index (χ4n) is 13.4. The largest absolute Gasteiger partial charge is 0.494 e. The summed E-state index contributed by atoms with van der Waals surface area (Å²) in [6, 6.07) is 15.3. The van der Waals surface area contributed by atoms with Crippen molar-refractivity contribution in [1.29, 1.82) is 0 Å². The molecule has 7 nitrogen and oxygen atoms in total. The van der Waals surface area contributed by atoms with Crippen molar-refractivity contribution in [2.24, 2.45) is 56.7 Å². The Hall–Kier alpha value is -3.10. The number of anilines is 2. The summed E-state index contributed by atoms with van der Waals surface area (Å²) in [5.74, 6) is 3.49. The van der Waals surface area contributed by atoms with E-state index in [1.165, 1.54) is 31.3 Å². The summed E-state index contributed by atoms with van der Waals surface area (Å²) in [6.07, 6.45) is 10.5. The molecule has 7 rings (SSSR count). The van der Waals surface area contributed by atoms with E-state index < -0.39 is 11.4 Å². The molecule has 0 radical (unpaired) electrons. The summed E-state index contributed by atoms with van der Waals surface area (Å²) in [5.41, 5.74) is 3.17. The Kier molecular flexibility index (Phi) is 11.8. The second-order valence-electron chi connectivity index (χ2n) is 19.0. The zero-order valence-corrected chi connectivity index (χ0v) is 35.6. The number of hydrogen-bond acceptors (Lipinski definition) is 5. The van der Waals surface area contributed by atoms with Gasteiger partial charge in [-0.2, -0.15) is 0 Å². The highest BCUT2D eigenvalue weighted by Crippen LogP contribution is 2.77. The van der Waals surface area contributed by atoms with E-state index in [1.54, 1.807) is 0 Å². The van der Waals surface area contributed by atoms with Gasteiger partial charge in [-0.25, -0.2) is 0 Å². The number of rotatable bonds is 8. The number of allylic oxidation sites excluding steroid dienone is 1. The highest BCUT2D eigenvalue weighted by Gasteiger charge is 2.72. The molecule has 0 unspecified atom stereocenters. The Bertz CT molecular complexity index is 1660. The zero-order chi connectivity index (χ0) is 40.0. The monoisotopic (exact) mass is 772 g/mol. The Morgan fingerprint density at radius 3 is 1.84 bits per heavy atom. The normalized spacial score (nSPS) is 37.0. The van der Waals surface area contributed by atoms with Crippen molar-refractivity contribution in [2.45, 2.75) is 126 Å². The molecule has 302 valence electrons. The van der Waals surface area contributed by atoms with Gasteiger partial charge in [0.15, 0.2) is 5.11 Å². The van der Waals surface area contributed by atoms with E-state index in [1.807, 2.05) is 62.4 Å². The van der Waals surface area contributed by atoms with Crippen LogP contribution in [0.2, 0.25) is 0 Å². The molecule has 0 saturated heterocycles. The third-order valence-electron chi connectivity index (χ3n) is 16.3. The van der Waals surface area contributed by atoms with Gasteiger partial charge in [0.2, 0.25) is 0 Å². The maximum Gasteiger partial charge on any atom is 0.309 e. The first-order valence-electron chi connectivity index (χ1n) is 21.1. The Labute approximate surface area is 336 Å². The van der Waals surface area contributed by atoms with Gasteiger partial charge in [0, 0.05) is 11.4 Å². The van der Waals surface area contributed by atoms with E-state index >= 15 is 0 Å². The standard InChI is InChI=1S/C30H48O3.C17H20N2O2S/c1-18(2)19-10-15-30(25(32)33)17-16-28(6)20(24(19)30)8-9-22-27(5)13-12-23(31)26(3,4)21(27)11-14-29(22,28)7;1-3-20-15-9-5-13(6-10-15)18-17(22)19-14-7-11-16(12-8-14)21-4-2/h19-24,31H,1,8-17H2,2-7H3,(H,32,33);5-12H,3-4H2,1-2H3,(H2,18,19,22)/t19-,20+,21-,22+,23-,24+,27-,28+,29+,30-;/m0./s1. The van der Waals surface area contributed by atoms with Crippen LogP contribution in [0.3, 0.4) is 0 Å². The van der Waals surface area contributed by atoms with Crippen LogP contribution in [0.15, 0.2) is 60.7 Å². The topological polar surface area (TPSA) is 100 Å². The molecule has 2 aromatic carbocycles. The molecule has 10 atom stereocenters. The number of aliphatic carboxylic acids is 1. The lowest BCUT2D eigenvalue weighted by atomic mass is 9.32. The minimum absolute atomic E-state index is 0.0202. The second-order valence-corrected chi connectivity index (χ2v) is 19.4. The molecule has 5 aliphatic carbocycles. The maximum absolute atomic E-state index is 12.8. The first kappa shape index (κ1) is 41.5. The number of aliphatic hydroxyl groups is 1. The average Bonchev–Trinajstić information content (AvgIpc) is 3.54. The first-order valence-corrected chi connectivity index (χ1v) is 21.5. The third-order valence-corrected chi connectivity index (χ3v) is 16.5. The molecule has 0 amide bonds. The fraction of sp³-hybridized carbons (Fsp3) is 0.660. The van der Waals surface area contributed by atoms with Gasteiger partial charge in [0.1, 0.15) is 11.5 Å². The molecular weight excluding hydrogens is 705 g/mol. The Morgan fingerprint density at radius 1 is 0.764 bits per heavy atom. The molecule has 5 saturated carbocycles. The Morgan fingerprint density at radius 2 is 1.33 bits per heavy atom. The van der Waals surface area contributed by atoms with Gasteiger partial charge in [-0.3, -0.25) is 4.79 Å². The number of hydrogen-bond donors (Lipinski definition) is 4. The van der Waals surface area contributed by atoms with E-state index in [0.717, 1.165) is 61.4 Å². The minimum Gasteiger partial charge on any atom is -0.494 e. The summed E-state index contributed by atoms with van der Waals surface area (Å²) < 4.78 is 10.8. The Balaban J connectivity index is 0.000000204. The van der Waals surface area contributed by atoms with E-state index in [-0.39, 0.29) is 33.7 Å². The predicted molar refractivity (Wildman–Crippen MR) is 228 cm³/mol. The summed E-state index contributed by atoms with van der Waals surface area (Å²) >= 11 is 5.30. The van der Waals surface area contributed by atoms with Crippen molar-refractivity contribution < 1.29 is 24.5 Å². The second kappa shape index (κ2) is 15.7. The zero-order valence-electron chi connectivity index (χ0n) is 34.8. The molecule has 0 aliphatic heterocycles. The predicted octanol–water partition coefficient (Wildman–Crippen LogP) is 11.4. The number of nitrogens with one attached hydrogen (secondary N) is 2. The summed E-state index contributed by atoms with van der Waals surface area (Å²) in [4.78, 5) is 12.8. The fourth-order valence-corrected chi connectivity index (χ4v) is 13.6. The molecule has 8 heteroatoms. The summed E-state index contributed by atoms with van der Waals surface area (Å²) in [5, 5.41) is 28.2. The number of ether oxygens (including phenoxy) is 2. The van der Waals surface area contributed by atoms with Crippen molar-refractivity contribution in [3.05, 3.63) is 60.7 Å². The number of carbonyl (C=O) groups is 1. The number of carboxylic acids is 1. The van der Waals surface area contributed by atoms with Crippen LogP contribution in [0.5, 0.6) is 11.5 Å². The molecule has 2 aromatic rings. The van der Waals surface area contributed by atoms with Gasteiger partial charge in [-0.15, -0.1) is 0 Å². The lowest BCUT2D eigenvalue weighted by molar-refractivity contribution is -0.248. The van der Waals surface area contributed by atoms with E-state index in [0.29, 0.717) is 42.0 Å². The number of thiocarbonyl (C=S) groups is 1. The molecule has 55 heavy (non-hydrogen) atoms. The van der Waals surface area contributed by atoms with Crippen molar-refractivity contribution in [2.75, 3.05) is 23.8 Å². The van der Waals surface area contributed by atoms with Crippen LogP contribution in [0, 0.1) is 56.7 Å². The van der Waals surface area contributed by atoms with Gasteiger partial charge in [-0.1, -0.05) is 46.8 Å². The number of carboxylic acid groups (broad SMARTS) is 1. The van der Waals surface area contributed by atoms with Crippen LogP contribution in [0.1, 0.15) is 120 Å². The van der Waals surface area contributed by atoms with Crippen LogP contribution < -0.4 is 20.1 Å². The van der Waals surface area contributed by atoms with Crippen LogP contribution in [-0.4, -0.2) is 40.6 Å². The first-order chi connectivity index (χ1) is 26.0. The molecule has 5 aliphatic rings. The molecule has 0 bridgehead atoms. The smallest absolute Gasteiger partial charge is 0.309 e. The van der Waals surface area contributed by atoms with E-state index in [9.17, 15) is 15.0 Å². The molecule has 0 spiro atoms. The number of benzene rings is 2. The van der Waals surface area contributed by atoms with Crippen LogP contribution in [-0.2, 0) is 4.79 Å². The minimum atomic E-state index is -0.538. The van der Waals surface area contributed by atoms with Crippen LogP contribution in [0.4, 0.5) is 11.4 Å². The summed E-state index contributed by atoms with van der Waals surface area (Å²) in [7, 11) is 0. The van der Waals surface area contributed by atoms with Crippen LogP contribution in [0.25, 0.3) is 0 Å². The lowest BCUT2D eigenvalue weighted by Crippen LogP contribution is -2.67. The lowest BCUT2D eigenvalue weighted by Gasteiger charge is -2.72. The molecule has 5 fully saturated rings. The van der Waals surface area contributed by atoms with Crippen molar-refractivity contribution in [3.8, 4) is 11.5 Å². The van der Waals surface area contributed by atoms with Gasteiger partial charge >= 0.3 is 5.97 Å². The number of aliphatic hydroxyl groups excluding tert-OH is 1. The number of fused-ring (bicyclic) bond motifs is 7. The highest BCUT2D eigenvalue weighted by atomic mass is 32.1. The molecular formula is C47H68N2O5S. The highest BCUT2D eigenvalue weighted by molar-refractivity contribution is 7.80.